The highest BCUT2D eigenvalue weighted by molar-refractivity contribution is 9.10. The maximum atomic E-state index is 3.73. The van der Waals surface area contributed by atoms with Gasteiger partial charge in [-0.2, -0.15) is 0 Å². The van der Waals surface area contributed by atoms with Crippen LogP contribution in [0.5, 0.6) is 0 Å². The van der Waals surface area contributed by atoms with Crippen LogP contribution in [0, 0.1) is 5.92 Å². The number of fused-ring (bicyclic) bond motifs is 1. The maximum absolute atomic E-state index is 3.73. The summed E-state index contributed by atoms with van der Waals surface area (Å²) in [4.78, 5) is 2.76. The van der Waals surface area contributed by atoms with Gasteiger partial charge in [0.15, 0.2) is 0 Å². The molecule has 0 radical (unpaired) electrons. The molecule has 1 N–H and O–H groups in total. The number of nitrogens with zero attached hydrogens (tertiary/aromatic N) is 1. The summed E-state index contributed by atoms with van der Waals surface area (Å²) in [6.07, 6.45) is 6.51. The first-order chi connectivity index (χ1) is 10.3. The summed E-state index contributed by atoms with van der Waals surface area (Å²) in [6, 6.07) is 7.38. The van der Waals surface area contributed by atoms with Gasteiger partial charge in [-0.05, 0) is 74.8 Å². The van der Waals surface area contributed by atoms with Gasteiger partial charge in [-0.25, -0.2) is 0 Å². The molecule has 1 fully saturated rings. The lowest BCUT2D eigenvalue weighted by Crippen LogP contribution is -2.39. The normalized spacial score (nSPS) is 25.3. The van der Waals surface area contributed by atoms with Crippen LogP contribution in [0.3, 0.4) is 0 Å². The number of hydrogen-bond donors (Lipinski definition) is 1. The minimum Gasteiger partial charge on any atom is -0.316 e. The van der Waals surface area contributed by atoms with Crippen molar-refractivity contribution in [1.82, 2.24) is 10.2 Å². The molecule has 21 heavy (non-hydrogen) atoms. The highest BCUT2D eigenvalue weighted by atomic mass is 79.9. The molecular formula is C18H27BrN2. The second kappa shape index (κ2) is 7.26. The fourth-order valence-corrected chi connectivity index (χ4v) is 4.62. The van der Waals surface area contributed by atoms with Crippen LogP contribution in [-0.4, -0.2) is 31.1 Å². The molecule has 3 rings (SSSR count). The molecule has 0 amide bonds. The minimum absolute atomic E-state index is 0.638. The van der Waals surface area contributed by atoms with Crippen molar-refractivity contribution in [1.29, 1.82) is 0 Å². The molecule has 0 spiro atoms. The maximum Gasteiger partial charge on any atom is 0.0354 e. The van der Waals surface area contributed by atoms with E-state index >= 15 is 0 Å². The smallest absolute Gasteiger partial charge is 0.0354 e. The minimum atomic E-state index is 0.638. The molecule has 1 saturated heterocycles. The fraction of sp³-hybridized carbons (Fsp3) is 0.667. The first-order valence-corrected chi connectivity index (χ1v) is 9.31. The first kappa shape index (κ1) is 15.5. The van der Waals surface area contributed by atoms with Crippen LogP contribution in [-0.2, 0) is 6.42 Å². The highest BCUT2D eigenvalue weighted by Crippen LogP contribution is 2.39. The Morgan fingerprint density at radius 3 is 3.00 bits per heavy atom. The third-order valence-electron chi connectivity index (χ3n) is 5.03. The van der Waals surface area contributed by atoms with Crippen LogP contribution in [0.1, 0.15) is 49.8 Å². The van der Waals surface area contributed by atoms with E-state index in [0.29, 0.717) is 6.04 Å². The van der Waals surface area contributed by atoms with E-state index < -0.39 is 0 Å². The molecular weight excluding hydrogens is 324 g/mol. The van der Waals surface area contributed by atoms with Crippen LogP contribution in [0.2, 0.25) is 0 Å². The molecule has 1 aliphatic heterocycles. The van der Waals surface area contributed by atoms with E-state index in [2.05, 4.69) is 51.3 Å². The quantitative estimate of drug-likeness (QED) is 0.857. The van der Waals surface area contributed by atoms with Crippen molar-refractivity contribution in [3.05, 3.63) is 33.8 Å². The zero-order valence-corrected chi connectivity index (χ0v) is 14.7. The summed E-state index contributed by atoms with van der Waals surface area (Å²) < 4.78 is 1.30. The van der Waals surface area contributed by atoms with E-state index in [1.807, 2.05) is 0 Å². The van der Waals surface area contributed by atoms with Crippen molar-refractivity contribution in [2.24, 2.45) is 5.92 Å². The van der Waals surface area contributed by atoms with Gasteiger partial charge in [0, 0.05) is 17.1 Å². The molecule has 1 aromatic rings. The lowest BCUT2D eigenvalue weighted by atomic mass is 9.97. The summed E-state index contributed by atoms with van der Waals surface area (Å²) in [6.45, 7) is 7.22. The highest BCUT2D eigenvalue weighted by Gasteiger charge is 2.30. The molecule has 116 valence electrons. The zero-order valence-electron chi connectivity index (χ0n) is 13.1. The van der Waals surface area contributed by atoms with E-state index in [1.54, 1.807) is 11.1 Å². The Kier molecular flexibility index (Phi) is 5.36. The largest absolute Gasteiger partial charge is 0.316 e. The number of halogens is 1. The van der Waals surface area contributed by atoms with Crippen LogP contribution in [0.15, 0.2) is 22.7 Å². The van der Waals surface area contributed by atoms with Gasteiger partial charge in [-0.1, -0.05) is 35.0 Å². The van der Waals surface area contributed by atoms with Gasteiger partial charge in [0.2, 0.25) is 0 Å². The number of nitrogens with one attached hydrogen (secondary N) is 1. The molecule has 2 aliphatic rings. The molecule has 0 aromatic heterocycles. The molecule has 1 aliphatic carbocycles. The van der Waals surface area contributed by atoms with Crippen molar-refractivity contribution < 1.29 is 0 Å². The summed E-state index contributed by atoms with van der Waals surface area (Å²) in [5.41, 5.74) is 3.12. The third kappa shape index (κ3) is 3.52. The van der Waals surface area contributed by atoms with Gasteiger partial charge in [0.25, 0.3) is 0 Å². The summed E-state index contributed by atoms with van der Waals surface area (Å²) in [5.74, 6) is 0.835. The van der Waals surface area contributed by atoms with E-state index in [9.17, 15) is 0 Å². The first-order valence-electron chi connectivity index (χ1n) is 8.51. The van der Waals surface area contributed by atoms with Gasteiger partial charge < -0.3 is 5.32 Å². The van der Waals surface area contributed by atoms with Gasteiger partial charge in [-0.15, -0.1) is 0 Å². The van der Waals surface area contributed by atoms with E-state index in [-0.39, 0.29) is 0 Å². The Hall–Kier alpha value is -0.380. The standard InChI is InChI=1S/C18H27BrN2/c1-2-11-21(13-14-5-4-10-20-12-14)18-9-8-15-16(18)6-3-7-17(15)19/h3,6-7,14,18,20H,2,4-5,8-13H2,1H3. The average Bonchev–Trinajstić information content (AvgIpc) is 2.93. The molecule has 2 unspecified atom stereocenters. The molecule has 2 atom stereocenters. The SMILES string of the molecule is CCCN(CC1CCCNC1)C1CCc2c(Br)cccc21. The summed E-state index contributed by atoms with van der Waals surface area (Å²) in [5, 5.41) is 3.57. The van der Waals surface area contributed by atoms with Crippen LogP contribution in [0.25, 0.3) is 0 Å². The number of piperidine rings is 1. The predicted octanol–water partition coefficient (Wildman–Crippen LogP) is 4.15. The van der Waals surface area contributed by atoms with Gasteiger partial charge in [0.05, 0.1) is 0 Å². The summed E-state index contributed by atoms with van der Waals surface area (Å²) in [7, 11) is 0. The van der Waals surface area contributed by atoms with Crippen molar-refractivity contribution in [2.45, 2.75) is 45.1 Å². The van der Waals surface area contributed by atoms with Gasteiger partial charge >= 0.3 is 0 Å². The Bertz CT molecular complexity index is 468. The molecule has 2 nitrogen and oxygen atoms in total. The van der Waals surface area contributed by atoms with Crippen molar-refractivity contribution in [3.63, 3.8) is 0 Å². The van der Waals surface area contributed by atoms with E-state index in [4.69, 9.17) is 0 Å². The van der Waals surface area contributed by atoms with Crippen molar-refractivity contribution >= 4 is 15.9 Å². The topological polar surface area (TPSA) is 15.3 Å². The lowest BCUT2D eigenvalue weighted by molar-refractivity contribution is 0.153. The molecule has 1 heterocycles. The zero-order chi connectivity index (χ0) is 14.7. The Morgan fingerprint density at radius 1 is 1.33 bits per heavy atom. The van der Waals surface area contributed by atoms with Crippen molar-refractivity contribution in [3.8, 4) is 0 Å². The molecule has 0 saturated carbocycles. The second-order valence-corrected chi connectivity index (χ2v) is 7.42. The van der Waals surface area contributed by atoms with Crippen LogP contribution < -0.4 is 5.32 Å². The van der Waals surface area contributed by atoms with Gasteiger partial charge in [-0.3, -0.25) is 4.90 Å². The predicted molar refractivity (Wildman–Crippen MR) is 92.7 cm³/mol. The molecule has 1 aromatic carbocycles. The Labute approximate surface area is 137 Å². The molecule has 0 bridgehead atoms. The lowest BCUT2D eigenvalue weighted by Gasteiger charge is -2.34. The van der Waals surface area contributed by atoms with E-state index in [0.717, 1.165) is 5.92 Å². The van der Waals surface area contributed by atoms with Gasteiger partial charge in [0.1, 0.15) is 0 Å². The fourth-order valence-electron chi connectivity index (χ4n) is 4.04. The van der Waals surface area contributed by atoms with Crippen LogP contribution >= 0.6 is 15.9 Å². The second-order valence-electron chi connectivity index (χ2n) is 6.57. The van der Waals surface area contributed by atoms with Crippen LogP contribution in [0.4, 0.5) is 0 Å². The average molecular weight is 351 g/mol. The van der Waals surface area contributed by atoms with Crippen molar-refractivity contribution in [2.75, 3.05) is 26.2 Å². The monoisotopic (exact) mass is 350 g/mol. The van der Waals surface area contributed by atoms with E-state index in [1.165, 1.54) is 62.8 Å². The number of benzene rings is 1. The Morgan fingerprint density at radius 2 is 2.24 bits per heavy atom. The molecule has 3 heteroatoms. The third-order valence-corrected chi connectivity index (χ3v) is 5.77. The summed E-state index contributed by atoms with van der Waals surface area (Å²) >= 11 is 3.73. The Balaban J connectivity index is 1.74. The number of rotatable bonds is 5. The number of hydrogen-bond acceptors (Lipinski definition) is 2.